The molecule has 2 aliphatic rings. The zero-order valence-electron chi connectivity index (χ0n) is 14.3. The lowest BCUT2D eigenvalue weighted by Gasteiger charge is -2.53. The fourth-order valence-electron chi connectivity index (χ4n) is 3.72. The molecule has 2 fully saturated rings. The van der Waals surface area contributed by atoms with Crippen molar-refractivity contribution in [2.45, 2.75) is 37.6 Å². The number of carbonyl (C=O) groups excluding carboxylic acids is 1. The lowest BCUT2D eigenvalue weighted by molar-refractivity contribution is -0.545. The highest BCUT2D eigenvalue weighted by Gasteiger charge is 2.62. The van der Waals surface area contributed by atoms with Gasteiger partial charge in [-0.05, 0) is 18.1 Å². The Morgan fingerprint density at radius 3 is 2.24 bits per heavy atom. The number of rotatable bonds is 4. The van der Waals surface area contributed by atoms with Crippen LogP contribution in [-0.4, -0.2) is 29.9 Å². The Kier molecular flexibility index (Phi) is 3.98. The van der Waals surface area contributed by atoms with Gasteiger partial charge in [0, 0.05) is 5.92 Å². The van der Waals surface area contributed by atoms with Crippen LogP contribution in [0.25, 0.3) is 0 Å². The van der Waals surface area contributed by atoms with Gasteiger partial charge in [0.1, 0.15) is 6.61 Å². The highest BCUT2D eigenvalue weighted by molar-refractivity contribution is 5.70. The average Bonchev–Trinajstić information content (AvgIpc) is 2.95. The van der Waals surface area contributed by atoms with Gasteiger partial charge in [-0.3, -0.25) is 4.90 Å². The first-order valence-corrected chi connectivity index (χ1v) is 8.54. The van der Waals surface area contributed by atoms with Crippen molar-refractivity contribution in [2.24, 2.45) is 0 Å². The summed E-state index contributed by atoms with van der Waals surface area (Å²) >= 11 is 0. The number of nitrogens with zero attached hydrogens (tertiary/aromatic N) is 1. The molecular formula is C20H21NO4. The van der Waals surface area contributed by atoms with E-state index in [4.69, 9.17) is 14.5 Å². The Labute approximate surface area is 147 Å². The van der Waals surface area contributed by atoms with Gasteiger partial charge in [-0.2, -0.15) is 0 Å². The van der Waals surface area contributed by atoms with Crippen LogP contribution < -0.4 is 0 Å². The molecule has 2 aliphatic heterocycles. The van der Waals surface area contributed by atoms with E-state index in [2.05, 4.69) is 19.1 Å². The Balaban J connectivity index is 1.79. The Morgan fingerprint density at radius 1 is 1.08 bits per heavy atom. The minimum atomic E-state index is -0.778. The zero-order valence-corrected chi connectivity index (χ0v) is 14.3. The second-order valence-electron chi connectivity index (χ2n) is 6.66. The van der Waals surface area contributed by atoms with Crippen LogP contribution in [-0.2, 0) is 20.1 Å². The number of hydrogen-bond acceptors (Lipinski definition) is 4. The molecule has 0 spiro atoms. The molecular weight excluding hydrogens is 318 g/mol. The van der Waals surface area contributed by atoms with Crippen molar-refractivity contribution >= 4 is 6.09 Å². The van der Waals surface area contributed by atoms with Crippen molar-refractivity contribution in [1.82, 2.24) is 4.90 Å². The van der Waals surface area contributed by atoms with Gasteiger partial charge >= 0.3 is 6.09 Å². The lowest BCUT2D eigenvalue weighted by atomic mass is 9.75. The van der Waals surface area contributed by atoms with Crippen LogP contribution >= 0.6 is 0 Å². The van der Waals surface area contributed by atoms with Crippen molar-refractivity contribution in [1.29, 1.82) is 0 Å². The Hall–Kier alpha value is -2.37. The molecule has 2 saturated heterocycles. The van der Waals surface area contributed by atoms with E-state index in [1.54, 1.807) is 4.90 Å². The van der Waals surface area contributed by atoms with Crippen molar-refractivity contribution in [3.8, 4) is 0 Å². The van der Waals surface area contributed by atoms with Crippen LogP contribution in [0.4, 0.5) is 4.79 Å². The number of carbonyl (C=O) groups is 1. The third-order valence-corrected chi connectivity index (χ3v) is 5.20. The first-order valence-electron chi connectivity index (χ1n) is 8.54. The van der Waals surface area contributed by atoms with Gasteiger partial charge in [-0.25, -0.2) is 14.6 Å². The molecule has 0 saturated carbocycles. The van der Waals surface area contributed by atoms with E-state index in [9.17, 15) is 4.79 Å². The molecule has 4 rings (SSSR count). The predicted molar refractivity (Wildman–Crippen MR) is 91.6 cm³/mol. The summed E-state index contributed by atoms with van der Waals surface area (Å²) in [4.78, 5) is 25.2. The van der Waals surface area contributed by atoms with E-state index in [0.29, 0.717) is 6.61 Å². The summed E-state index contributed by atoms with van der Waals surface area (Å²) in [6.45, 7) is 4.42. The third kappa shape index (κ3) is 2.42. The van der Waals surface area contributed by atoms with E-state index in [1.807, 2.05) is 55.5 Å². The van der Waals surface area contributed by atoms with Crippen molar-refractivity contribution in [3.05, 3.63) is 71.8 Å². The molecule has 2 aromatic rings. The fourth-order valence-corrected chi connectivity index (χ4v) is 3.72. The molecule has 0 N–H and O–H groups in total. The second-order valence-corrected chi connectivity index (χ2v) is 6.66. The minimum Gasteiger partial charge on any atom is -0.447 e. The molecule has 2 aromatic carbocycles. The van der Waals surface area contributed by atoms with Crippen LogP contribution in [0.15, 0.2) is 60.7 Å². The van der Waals surface area contributed by atoms with E-state index in [-0.39, 0.29) is 18.1 Å². The molecule has 1 amide bonds. The molecule has 5 heteroatoms. The number of benzene rings is 2. The van der Waals surface area contributed by atoms with Crippen molar-refractivity contribution in [3.63, 3.8) is 0 Å². The van der Waals surface area contributed by atoms with Gasteiger partial charge < -0.3 is 4.74 Å². The summed E-state index contributed by atoms with van der Waals surface area (Å²) in [5, 5.41) is 0. The van der Waals surface area contributed by atoms with Gasteiger partial charge in [-0.15, -0.1) is 0 Å². The molecule has 25 heavy (non-hydrogen) atoms. The second kappa shape index (κ2) is 6.17. The van der Waals surface area contributed by atoms with Gasteiger partial charge in [0.25, 0.3) is 0 Å². The van der Waals surface area contributed by atoms with Gasteiger partial charge in [0.05, 0.1) is 6.04 Å². The quantitative estimate of drug-likeness (QED) is 0.795. The van der Waals surface area contributed by atoms with E-state index in [0.717, 1.165) is 11.1 Å². The van der Waals surface area contributed by atoms with E-state index >= 15 is 0 Å². The SMILES string of the molecule is C[C@@H]1COC(=O)N1[C@H]1OO[C@]1(c1ccccc1)[C@@H](C)c1ccccc1. The molecule has 5 nitrogen and oxygen atoms in total. The summed E-state index contributed by atoms with van der Waals surface area (Å²) in [7, 11) is 0. The molecule has 130 valence electrons. The van der Waals surface area contributed by atoms with Crippen LogP contribution in [0.2, 0.25) is 0 Å². The zero-order chi connectivity index (χ0) is 17.4. The predicted octanol–water partition coefficient (Wildman–Crippen LogP) is 3.81. The summed E-state index contributed by atoms with van der Waals surface area (Å²) in [5.74, 6) is -0.0181. The third-order valence-electron chi connectivity index (χ3n) is 5.20. The number of cyclic esters (lactones) is 1. The summed E-state index contributed by atoms with van der Waals surface area (Å²) in [6.07, 6.45) is -0.892. The standard InChI is InChI=1S/C20H21NO4/c1-14-13-23-19(22)21(14)18-20(25-24-18,17-11-7-4-8-12-17)15(2)16-9-5-3-6-10-16/h3-12,14-15,18H,13H2,1-2H3/t14-,15+,18+,20+/m1/s1. The molecule has 0 aliphatic carbocycles. The summed E-state index contributed by atoms with van der Waals surface area (Å²) in [5.41, 5.74) is 1.33. The maximum atomic E-state index is 12.3. The van der Waals surface area contributed by atoms with E-state index in [1.165, 1.54) is 0 Å². The lowest BCUT2D eigenvalue weighted by Crippen LogP contribution is -2.65. The monoisotopic (exact) mass is 339 g/mol. The highest BCUT2D eigenvalue weighted by atomic mass is 17.3. The topological polar surface area (TPSA) is 48.0 Å². The maximum absolute atomic E-state index is 12.3. The average molecular weight is 339 g/mol. The molecule has 0 radical (unpaired) electrons. The number of hydrogen-bond donors (Lipinski definition) is 0. The normalized spacial score (nSPS) is 29.8. The summed E-state index contributed by atoms with van der Waals surface area (Å²) < 4.78 is 5.20. The molecule has 4 atom stereocenters. The fraction of sp³-hybridized carbons (Fsp3) is 0.350. The largest absolute Gasteiger partial charge is 0.447 e. The van der Waals surface area contributed by atoms with Crippen LogP contribution in [0.1, 0.15) is 30.9 Å². The van der Waals surface area contributed by atoms with Crippen LogP contribution in [0.3, 0.4) is 0 Å². The van der Waals surface area contributed by atoms with E-state index < -0.39 is 11.8 Å². The Bertz CT molecular complexity index is 751. The Morgan fingerprint density at radius 2 is 1.72 bits per heavy atom. The maximum Gasteiger partial charge on any atom is 0.412 e. The molecule has 0 bridgehead atoms. The van der Waals surface area contributed by atoms with Crippen molar-refractivity contribution < 1.29 is 19.3 Å². The first-order chi connectivity index (χ1) is 12.1. The van der Waals surface area contributed by atoms with Gasteiger partial charge in [0.2, 0.25) is 6.23 Å². The van der Waals surface area contributed by atoms with Crippen LogP contribution in [0.5, 0.6) is 0 Å². The summed E-state index contributed by atoms with van der Waals surface area (Å²) in [6, 6.07) is 20.0. The van der Waals surface area contributed by atoms with Crippen molar-refractivity contribution in [2.75, 3.05) is 6.61 Å². The van der Waals surface area contributed by atoms with Gasteiger partial charge in [-0.1, -0.05) is 67.6 Å². The highest BCUT2D eigenvalue weighted by Crippen LogP contribution is 2.52. The molecule has 2 heterocycles. The van der Waals surface area contributed by atoms with Gasteiger partial charge in [0.15, 0.2) is 5.60 Å². The molecule has 0 unspecified atom stereocenters. The number of ether oxygens (including phenoxy) is 1. The smallest absolute Gasteiger partial charge is 0.412 e. The van der Waals surface area contributed by atoms with Crippen LogP contribution in [0, 0.1) is 0 Å². The first kappa shape index (κ1) is 16.1. The minimum absolute atomic E-state index is 0.0181. The number of amides is 1. The molecule has 0 aromatic heterocycles.